The SMILES string of the molecule is COc1cc(CCl)ncc1Br. The molecule has 1 rings (SSSR count). The topological polar surface area (TPSA) is 22.1 Å². The third-order valence-electron chi connectivity index (χ3n) is 1.23. The smallest absolute Gasteiger partial charge is 0.136 e. The number of ether oxygens (including phenoxy) is 1. The highest BCUT2D eigenvalue weighted by Crippen LogP contribution is 2.24. The van der Waals surface area contributed by atoms with Crippen LogP contribution < -0.4 is 4.74 Å². The molecule has 0 aromatic carbocycles. The monoisotopic (exact) mass is 235 g/mol. The molecule has 1 aromatic rings. The zero-order valence-corrected chi connectivity index (χ0v) is 8.32. The Morgan fingerprint density at radius 2 is 2.45 bits per heavy atom. The maximum Gasteiger partial charge on any atom is 0.136 e. The van der Waals surface area contributed by atoms with Gasteiger partial charge in [0, 0.05) is 12.3 Å². The van der Waals surface area contributed by atoms with Gasteiger partial charge in [-0.25, -0.2) is 0 Å². The van der Waals surface area contributed by atoms with Crippen LogP contribution in [0.4, 0.5) is 0 Å². The Hall–Kier alpha value is -0.280. The molecule has 0 aliphatic carbocycles. The van der Waals surface area contributed by atoms with Crippen LogP contribution in [-0.2, 0) is 5.88 Å². The summed E-state index contributed by atoms with van der Waals surface area (Å²) in [7, 11) is 1.61. The normalized spacial score (nSPS) is 9.73. The van der Waals surface area contributed by atoms with Crippen LogP contribution in [0.3, 0.4) is 0 Å². The van der Waals surface area contributed by atoms with Gasteiger partial charge in [0.05, 0.1) is 23.2 Å². The molecule has 0 fully saturated rings. The van der Waals surface area contributed by atoms with Crippen molar-refractivity contribution in [3.05, 3.63) is 22.4 Å². The molecule has 0 aliphatic rings. The first kappa shape index (κ1) is 8.81. The second kappa shape index (κ2) is 3.93. The molecular weight excluding hydrogens is 229 g/mol. The van der Waals surface area contributed by atoms with Gasteiger partial charge < -0.3 is 4.74 Å². The fraction of sp³-hybridized carbons (Fsp3) is 0.286. The molecule has 0 radical (unpaired) electrons. The Labute approximate surface area is 78.7 Å². The van der Waals surface area contributed by atoms with Gasteiger partial charge in [-0.15, -0.1) is 11.6 Å². The van der Waals surface area contributed by atoms with Crippen molar-refractivity contribution in [1.82, 2.24) is 4.98 Å². The highest BCUT2D eigenvalue weighted by atomic mass is 79.9. The molecule has 0 N–H and O–H groups in total. The van der Waals surface area contributed by atoms with Gasteiger partial charge in [-0.2, -0.15) is 0 Å². The van der Waals surface area contributed by atoms with E-state index in [1.807, 2.05) is 0 Å². The molecule has 0 unspecified atom stereocenters. The summed E-state index contributed by atoms with van der Waals surface area (Å²) >= 11 is 8.86. The number of hydrogen-bond acceptors (Lipinski definition) is 2. The Kier molecular flexibility index (Phi) is 3.15. The third kappa shape index (κ3) is 2.07. The van der Waals surface area contributed by atoms with Gasteiger partial charge in [-0.05, 0) is 15.9 Å². The molecule has 1 aromatic heterocycles. The first-order valence-corrected chi connectivity index (χ1v) is 4.35. The Balaban J connectivity index is 3.02. The van der Waals surface area contributed by atoms with Gasteiger partial charge in [0.1, 0.15) is 5.75 Å². The summed E-state index contributed by atoms with van der Waals surface area (Å²) in [6.07, 6.45) is 1.68. The van der Waals surface area contributed by atoms with Gasteiger partial charge >= 0.3 is 0 Å². The summed E-state index contributed by atoms with van der Waals surface area (Å²) in [6, 6.07) is 1.80. The zero-order valence-electron chi connectivity index (χ0n) is 5.97. The molecule has 1 heterocycles. The van der Waals surface area contributed by atoms with E-state index >= 15 is 0 Å². The van der Waals surface area contributed by atoms with Crippen molar-refractivity contribution in [1.29, 1.82) is 0 Å². The van der Waals surface area contributed by atoms with Crippen LogP contribution in [0.5, 0.6) is 5.75 Å². The van der Waals surface area contributed by atoms with E-state index in [-0.39, 0.29) is 0 Å². The predicted octanol–water partition coefficient (Wildman–Crippen LogP) is 2.59. The minimum absolute atomic E-state index is 0.406. The number of aromatic nitrogens is 1. The maximum atomic E-state index is 5.57. The average molecular weight is 236 g/mol. The molecule has 0 saturated carbocycles. The van der Waals surface area contributed by atoms with Crippen LogP contribution in [0.15, 0.2) is 16.7 Å². The van der Waals surface area contributed by atoms with E-state index in [4.69, 9.17) is 16.3 Å². The largest absolute Gasteiger partial charge is 0.495 e. The van der Waals surface area contributed by atoms with Crippen LogP contribution in [0.25, 0.3) is 0 Å². The summed E-state index contributed by atoms with van der Waals surface area (Å²) in [5, 5.41) is 0. The number of pyridine rings is 1. The number of halogens is 2. The lowest BCUT2D eigenvalue weighted by atomic mass is 10.3. The van der Waals surface area contributed by atoms with E-state index in [0.717, 1.165) is 15.9 Å². The second-order valence-electron chi connectivity index (χ2n) is 1.94. The molecule has 0 spiro atoms. The Morgan fingerprint density at radius 1 is 1.73 bits per heavy atom. The first-order chi connectivity index (χ1) is 5.27. The number of methoxy groups -OCH3 is 1. The Bertz CT molecular complexity index is 254. The quantitative estimate of drug-likeness (QED) is 0.737. The van der Waals surface area contributed by atoms with Crippen molar-refractivity contribution in [3.8, 4) is 5.75 Å². The molecule has 0 bridgehead atoms. The van der Waals surface area contributed by atoms with Crippen molar-refractivity contribution < 1.29 is 4.74 Å². The molecule has 0 aliphatic heterocycles. The lowest BCUT2D eigenvalue weighted by molar-refractivity contribution is 0.411. The summed E-state index contributed by atoms with van der Waals surface area (Å²) in [6.45, 7) is 0. The van der Waals surface area contributed by atoms with E-state index in [2.05, 4.69) is 20.9 Å². The van der Waals surface area contributed by atoms with Gasteiger partial charge in [0.15, 0.2) is 0 Å². The lowest BCUT2D eigenvalue weighted by Crippen LogP contribution is -1.89. The molecule has 2 nitrogen and oxygen atoms in total. The molecular formula is C7H7BrClNO. The first-order valence-electron chi connectivity index (χ1n) is 3.02. The van der Waals surface area contributed by atoms with Crippen LogP contribution in [0.1, 0.15) is 5.69 Å². The minimum Gasteiger partial charge on any atom is -0.495 e. The van der Waals surface area contributed by atoms with Gasteiger partial charge in [0.25, 0.3) is 0 Å². The molecule has 0 amide bonds. The number of hydrogen-bond donors (Lipinski definition) is 0. The standard InChI is InChI=1S/C7H7BrClNO/c1-11-7-2-5(3-9)10-4-6(7)8/h2,4H,3H2,1H3. The average Bonchev–Trinajstić information content (AvgIpc) is 2.05. The predicted molar refractivity (Wildman–Crippen MR) is 48.0 cm³/mol. The van der Waals surface area contributed by atoms with Crippen molar-refractivity contribution >= 4 is 27.5 Å². The van der Waals surface area contributed by atoms with Crippen molar-refractivity contribution in [2.75, 3.05) is 7.11 Å². The summed E-state index contributed by atoms with van der Waals surface area (Å²) in [4.78, 5) is 4.05. The zero-order chi connectivity index (χ0) is 8.27. The summed E-state index contributed by atoms with van der Waals surface area (Å²) < 4.78 is 5.88. The van der Waals surface area contributed by atoms with Gasteiger partial charge in [-0.1, -0.05) is 0 Å². The Morgan fingerprint density at radius 3 is 3.00 bits per heavy atom. The van der Waals surface area contributed by atoms with E-state index in [1.165, 1.54) is 0 Å². The minimum atomic E-state index is 0.406. The fourth-order valence-electron chi connectivity index (χ4n) is 0.690. The number of nitrogens with zero attached hydrogens (tertiary/aromatic N) is 1. The van der Waals surface area contributed by atoms with Gasteiger partial charge in [0.2, 0.25) is 0 Å². The number of rotatable bonds is 2. The highest BCUT2D eigenvalue weighted by Gasteiger charge is 2.00. The second-order valence-corrected chi connectivity index (χ2v) is 3.07. The van der Waals surface area contributed by atoms with Crippen LogP contribution >= 0.6 is 27.5 Å². The molecule has 11 heavy (non-hydrogen) atoms. The molecule has 0 saturated heterocycles. The van der Waals surface area contributed by atoms with Gasteiger partial charge in [-0.3, -0.25) is 4.98 Å². The highest BCUT2D eigenvalue weighted by molar-refractivity contribution is 9.10. The molecule has 60 valence electrons. The van der Waals surface area contributed by atoms with E-state index in [9.17, 15) is 0 Å². The van der Waals surface area contributed by atoms with Crippen LogP contribution in [-0.4, -0.2) is 12.1 Å². The third-order valence-corrected chi connectivity index (χ3v) is 2.10. The van der Waals surface area contributed by atoms with E-state index in [0.29, 0.717) is 5.88 Å². The summed E-state index contributed by atoms with van der Waals surface area (Å²) in [5.74, 6) is 1.17. The number of alkyl halides is 1. The van der Waals surface area contributed by atoms with Crippen molar-refractivity contribution in [2.45, 2.75) is 5.88 Å². The summed E-state index contributed by atoms with van der Waals surface area (Å²) in [5.41, 5.74) is 0.812. The van der Waals surface area contributed by atoms with Crippen molar-refractivity contribution in [3.63, 3.8) is 0 Å². The van der Waals surface area contributed by atoms with Crippen LogP contribution in [0, 0.1) is 0 Å². The van der Waals surface area contributed by atoms with Crippen molar-refractivity contribution in [2.24, 2.45) is 0 Å². The maximum absolute atomic E-state index is 5.57. The van der Waals surface area contributed by atoms with E-state index in [1.54, 1.807) is 19.4 Å². The molecule has 0 atom stereocenters. The van der Waals surface area contributed by atoms with E-state index < -0.39 is 0 Å². The molecule has 4 heteroatoms. The van der Waals surface area contributed by atoms with Crippen LogP contribution in [0.2, 0.25) is 0 Å². The lowest BCUT2D eigenvalue weighted by Gasteiger charge is -2.02. The fourth-order valence-corrected chi connectivity index (χ4v) is 1.22.